The highest BCUT2D eigenvalue weighted by molar-refractivity contribution is 7.07. The minimum absolute atomic E-state index is 0.0601. The molecule has 2 unspecified atom stereocenters. The Morgan fingerprint density at radius 3 is 2.94 bits per heavy atom. The number of nitrogens with zero attached hydrogens (tertiary/aromatic N) is 2. The number of likely N-dealkylation sites (tertiary alicyclic amines) is 1. The molecule has 0 saturated carbocycles. The predicted molar refractivity (Wildman–Crippen MR) is 122 cm³/mol. The fraction of sp³-hybridized carbons (Fsp3) is 0.583. The lowest BCUT2D eigenvalue weighted by atomic mass is 9.82. The van der Waals surface area contributed by atoms with Crippen LogP contribution in [0.15, 0.2) is 29.1 Å². The second-order valence-corrected chi connectivity index (χ2v) is 9.51. The zero-order valence-electron chi connectivity index (χ0n) is 18.8. The Morgan fingerprint density at radius 2 is 2.22 bits per heavy atom. The van der Waals surface area contributed by atoms with Crippen LogP contribution < -0.4 is 5.32 Å². The molecule has 0 aliphatic carbocycles. The van der Waals surface area contributed by atoms with Gasteiger partial charge in [-0.15, -0.1) is 11.3 Å². The van der Waals surface area contributed by atoms with Crippen molar-refractivity contribution in [2.45, 2.75) is 50.9 Å². The lowest BCUT2D eigenvalue weighted by Gasteiger charge is -2.43. The van der Waals surface area contributed by atoms with Crippen molar-refractivity contribution in [1.82, 2.24) is 15.2 Å². The van der Waals surface area contributed by atoms with E-state index in [0.29, 0.717) is 26.2 Å². The first-order chi connectivity index (χ1) is 15.5. The Balaban J connectivity index is 1.42. The third-order valence-corrected chi connectivity index (χ3v) is 7.54. The van der Waals surface area contributed by atoms with E-state index in [0.717, 1.165) is 49.2 Å². The smallest absolute Gasteiger partial charge is 0.225 e. The molecule has 8 heteroatoms. The van der Waals surface area contributed by atoms with Crippen molar-refractivity contribution in [1.29, 1.82) is 0 Å². The van der Waals surface area contributed by atoms with Crippen LogP contribution >= 0.6 is 11.3 Å². The Bertz CT molecular complexity index is 900. The van der Waals surface area contributed by atoms with Gasteiger partial charge >= 0.3 is 0 Å². The number of methoxy groups -OCH3 is 1. The highest BCUT2D eigenvalue weighted by Crippen LogP contribution is 2.44. The number of carbonyl (C=O) groups is 1. The molecule has 1 amide bonds. The second kappa shape index (κ2) is 10.4. The number of halogens is 1. The third-order valence-electron chi connectivity index (χ3n) is 6.90. The van der Waals surface area contributed by atoms with Crippen LogP contribution in [0.25, 0.3) is 0 Å². The number of carbonyl (C=O) groups excluding carboxylic acids is 1. The fourth-order valence-corrected chi connectivity index (χ4v) is 5.53. The molecule has 3 heterocycles. The number of piperidine rings is 1. The summed E-state index contributed by atoms with van der Waals surface area (Å²) in [6.45, 7) is 5.52. The number of amides is 1. The first-order valence-electron chi connectivity index (χ1n) is 11.3. The van der Waals surface area contributed by atoms with Gasteiger partial charge in [0, 0.05) is 51.2 Å². The third kappa shape index (κ3) is 5.03. The van der Waals surface area contributed by atoms with Crippen molar-refractivity contribution in [2.75, 3.05) is 33.4 Å². The summed E-state index contributed by atoms with van der Waals surface area (Å²) in [6, 6.07) is 5.05. The Hall–Kier alpha value is -1.87. The molecular weight excluding hydrogens is 429 g/mol. The summed E-state index contributed by atoms with van der Waals surface area (Å²) in [4.78, 5) is 19.9. The molecular formula is C24H32FN3O3S. The van der Waals surface area contributed by atoms with Gasteiger partial charge in [0.15, 0.2) is 0 Å². The van der Waals surface area contributed by atoms with E-state index >= 15 is 0 Å². The van der Waals surface area contributed by atoms with Crippen LogP contribution in [0.1, 0.15) is 43.0 Å². The van der Waals surface area contributed by atoms with Crippen LogP contribution in [0.2, 0.25) is 0 Å². The average molecular weight is 462 g/mol. The van der Waals surface area contributed by atoms with Gasteiger partial charge in [-0.1, -0.05) is 6.07 Å². The number of aromatic nitrogens is 1. The van der Waals surface area contributed by atoms with Gasteiger partial charge in [-0.2, -0.15) is 0 Å². The number of hydrogen-bond acceptors (Lipinski definition) is 6. The van der Waals surface area contributed by atoms with Crippen molar-refractivity contribution >= 4 is 17.2 Å². The number of benzene rings is 1. The molecule has 1 aromatic carbocycles. The van der Waals surface area contributed by atoms with Gasteiger partial charge in [-0.25, -0.2) is 9.37 Å². The molecule has 1 aromatic heterocycles. The Labute approximate surface area is 193 Å². The number of hydrogen-bond donors (Lipinski definition) is 1. The van der Waals surface area contributed by atoms with E-state index in [4.69, 9.17) is 9.47 Å². The van der Waals surface area contributed by atoms with Crippen LogP contribution in [-0.2, 0) is 32.9 Å². The van der Waals surface area contributed by atoms with E-state index in [-0.39, 0.29) is 23.7 Å². The molecule has 4 rings (SSSR count). The summed E-state index contributed by atoms with van der Waals surface area (Å²) in [7, 11) is 1.67. The van der Waals surface area contributed by atoms with Crippen LogP contribution in [0.4, 0.5) is 4.39 Å². The molecule has 0 bridgehead atoms. The maximum absolute atomic E-state index is 13.9. The lowest BCUT2D eigenvalue weighted by molar-refractivity contribution is -0.128. The average Bonchev–Trinajstić information content (AvgIpc) is 3.44. The maximum Gasteiger partial charge on any atom is 0.225 e. The molecule has 6 nitrogen and oxygen atoms in total. The first-order valence-corrected chi connectivity index (χ1v) is 12.3. The van der Waals surface area contributed by atoms with Gasteiger partial charge in [-0.3, -0.25) is 9.69 Å². The Morgan fingerprint density at radius 1 is 1.41 bits per heavy atom. The zero-order valence-corrected chi connectivity index (χ0v) is 19.6. The van der Waals surface area contributed by atoms with E-state index in [1.54, 1.807) is 24.5 Å². The number of nitrogens with one attached hydrogen (secondary N) is 1. The standard InChI is InChI=1S/C24H32FN3O3S/c1-17(21(13-20-15-32-16-27-20)23(29)26-8-3-11-30-2)28-9-6-24(7-10-28)22-12-19(25)5-4-18(22)14-31-24/h4-5,12,15-17,21H,3,6-11,13-14H2,1-2H3,(H,26,29). The van der Waals surface area contributed by atoms with Crippen LogP contribution in [-0.4, -0.2) is 55.2 Å². The van der Waals surface area contributed by atoms with Crippen molar-refractivity contribution in [2.24, 2.45) is 5.92 Å². The number of thiazole rings is 1. The van der Waals surface area contributed by atoms with Gasteiger partial charge < -0.3 is 14.8 Å². The quantitative estimate of drug-likeness (QED) is 0.579. The van der Waals surface area contributed by atoms with E-state index in [9.17, 15) is 9.18 Å². The fourth-order valence-electron chi connectivity index (χ4n) is 4.96. The normalized spacial score (nSPS) is 19.6. The SMILES string of the molecule is COCCCNC(=O)C(Cc1cscn1)C(C)N1CCC2(CC1)OCc1ccc(F)cc12. The number of ether oxygens (including phenoxy) is 2. The Kier molecular flexibility index (Phi) is 7.55. The maximum atomic E-state index is 13.9. The minimum atomic E-state index is -0.402. The first kappa shape index (κ1) is 23.3. The predicted octanol–water partition coefficient (Wildman–Crippen LogP) is 3.50. The highest BCUT2D eigenvalue weighted by atomic mass is 32.1. The molecule has 174 valence electrons. The van der Waals surface area contributed by atoms with Crippen LogP contribution in [0.3, 0.4) is 0 Å². The highest BCUT2D eigenvalue weighted by Gasteiger charge is 2.44. The van der Waals surface area contributed by atoms with Crippen molar-refractivity contribution in [3.8, 4) is 0 Å². The summed E-state index contributed by atoms with van der Waals surface area (Å²) >= 11 is 1.55. The summed E-state index contributed by atoms with van der Waals surface area (Å²) in [5.41, 5.74) is 4.45. The van der Waals surface area contributed by atoms with Gasteiger partial charge in [-0.05, 0) is 49.4 Å². The van der Waals surface area contributed by atoms with E-state index < -0.39 is 5.60 Å². The molecule has 0 radical (unpaired) electrons. The summed E-state index contributed by atoms with van der Waals surface area (Å²) < 4.78 is 25.2. The van der Waals surface area contributed by atoms with Crippen molar-refractivity contribution < 1.29 is 18.7 Å². The molecule has 2 aliphatic heterocycles. The van der Waals surface area contributed by atoms with Crippen LogP contribution in [0, 0.1) is 11.7 Å². The minimum Gasteiger partial charge on any atom is -0.385 e. The zero-order chi connectivity index (χ0) is 22.6. The van der Waals surface area contributed by atoms with E-state index in [2.05, 4.69) is 22.1 Å². The van der Waals surface area contributed by atoms with Crippen molar-refractivity contribution in [3.05, 3.63) is 51.7 Å². The number of fused-ring (bicyclic) bond motifs is 2. The molecule has 1 N–H and O–H groups in total. The molecule has 2 aliphatic rings. The van der Waals surface area contributed by atoms with Crippen molar-refractivity contribution in [3.63, 3.8) is 0 Å². The van der Waals surface area contributed by atoms with E-state index in [1.165, 1.54) is 6.07 Å². The molecule has 2 atom stereocenters. The second-order valence-electron chi connectivity index (χ2n) is 8.79. The molecule has 1 fully saturated rings. The largest absolute Gasteiger partial charge is 0.385 e. The van der Waals surface area contributed by atoms with Crippen LogP contribution in [0.5, 0.6) is 0 Å². The van der Waals surface area contributed by atoms with Gasteiger partial charge in [0.1, 0.15) is 5.82 Å². The summed E-state index contributed by atoms with van der Waals surface area (Å²) in [5, 5.41) is 5.10. The summed E-state index contributed by atoms with van der Waals surface area (Å²) in [6.07, 6.45) is 3.01. The molecule has 1 spiro atoms. The lowest BCUT2D eigenvalue weighted by Crippen LogP contribution is -2.51. The molecule has 2 aromatic rings. The molecule has 1 saturated heterocycles. The van der Waals surface area contributed by atoms with Gasteiger partial charge in [0.25, 0.3) is 0 Å². The monoisotopic (exact) mass is 461 g/mol. The molecule has 32 heavy (non-hydrogen) atoms. The van der Waals surface area contributed by atoms with Gasteiger partial charge in [0.05, 0.1) is 29.3 Å². The number of rotatable bonds is 9. The summed E-state index contributed by atoms with van der Waals surface area (Å²) in [5.74, 6) is -0.341. The topological polar surface area (TPSA) is 63.7 Å². The van der Waals surface area contributed by atoms with E-state index in [1.807, 2.05) is 17.0 Å². The van der Waals surface area contributed by atoms with Gasteiger partial charge in [0.2, 0.25) is 5.91 Å².